The summed E-state index contributed by atoms with van der Waals surface area (Å²) in [6.45, 7) is 6.33. The van der Waals surface area contributed by atoms with Gasteiger partial charge in [0.25, 0.3) is 0 Å². The van der Waals surface area contributed by atoms with Gasteiger partial charge in [-0.3, -0.25) is 0 Å². The number of rotatable bonds is 5. The number of morpholine rings is 1. The second-order valence-electron chi connectivity index (χ2n) is 6.30. The van der Waals surface area contributed by atoms with Crippen LogP contribution < -0.4 is 5.32 Å². The number of carboxylic acids is 1. The number of hydrogen-bond acceptors (Lipinski definition) is 4. The van der Waals surface area contributed by atoms with Crippen LogP contribution in [0, 0.1) is 13.8 Å². The molecule has 2 N–H and O–H groups in total. The van der Waals surface area contributed by atoms with Crippen molar-refractivity contribution in [2.24, 2.45) is 0 Å². The van der Waals surface area contributed by atoms with Gasteiger partial charge in [-0.1, -0.05) is 30.0 Å². The van der Waals surface area contributed by atoms with E-state index in [2.05, 4.69) is 17.4 Å². The fourth-order valence-corrected chi connectivity index (χ4v) is 4.30. The van der Waals surface area contributed by atoms with Gasteiger partial charge < -0.3 is 15.2 Å². The van der Waals surface area contributed by atoms with Crippen molar-refractivity contribution >= 4 is 17.7 Å². The molecule has 3 rings (SSSR count). The van der Waals surface area contributed by atoms with E-state index >= 15 is 0 Å². The van der Waals surface area contributed by atoms with Gasteiger partial charge in [-0.15, -0.1) is 0 Å². The summed E-state index contributed by atoms with van der Waals surface area (Å²) < 4.78 is 5.87. The highest BCUT2D eigenvalue weighted by Gasteiger charge is 2.22. The molecular weight excluding hydrogens is 334 g/mol. The molecule has 4 nitrogen and oxygen atoms in total. The van der Waals surface area contributed by atoms with Crippen LogP contribution >= 0.6 is 11.8 Å². The fourth-order valence-electron chi connectivity index (χ4n) is 3.14. The Hall–Kier alpha value is -1.82. The molecule has 0 aliphatic carbocycles. The molecule has 0 spiro atoms. The van der Waals surface area contributed by atoms with E-state index in [0.717, 1.165) is 47.0 Å². The van der Waals surface area contributed by atoms with E-state index in [1.807, 2.05) is 32.0 Å². The molecule has 1 fully saturated rings. The Bertz CT molecular complexity index is 755. The van der Waals surface area contributed by atoms with E-state index in [0.29, 0.717) is 5.56 Å². The van der Waals surface area contributed by atoms with Crippen LogP contribution in [0.1, 0.15) is 27.0 Å². The Morgan fingerprint density at radius 2 is 2.08 bits per heavy atom. The van der Waals surface area contributed by atoms with Gasteiger partial charge in [0, 0.05) is 29.3 Å². The lowest BCUT2D eigenvalue weighted by atomic mass is 9.95. The van der Waals surface area contributed by atoms with Crippen molar-refractivity contribution in [3.05, 3.63) is 58.7 Å². The first-order chi connectivity index (χ1) is 12.1. The smallest absolute Gasteiger partial charge is 0.336 e. The van der Waals surface area contributed by atoms with Crippen molar-refractivity contribution in [3.63, 3.8) is 0 Å². The van der Waals surface area contributed by atoms with Gasteiger partial charge >= 0.3 is 5.97 Å². The molecule has 1 unspecified atom stereocenters. The minimum Gasteiger partial charge on any atom is -0.478 e. The zero-order valence-corrected chi connectivity index (χ0v) is 15.4. The Kier molecular flexibility index (Phi) is 5.78. The first kappa shape index (κ1) is 18.0. The normalized spacial score (nSPS) is 17.4. The van der Waals surface area contributed by atoms with Crippen molar-refractivity contribution in [3.8, 4) is 0 Å². The van der Waals surface area contributed by atoms with Crippen LogP contribution in [0.25, 0.3) is 0 Å². The molecule has 0 bridgehead atoms. The molecule has 1 aliphatic heterocycles. The minimum atomic E-state index is -0.877. The fraction of sp³-hybridized carbons (Fsp3) is 0.350. The number of benzene rings is 2. The zero-order valence-electron chi connectivity index (χ0n) is 14.5. The Balaban J connectivity index is 2.01. The van der Waals surface area contributed by atoms with Gasteiger partial charge in [0.15, 0.2) is 0 Å². The van der Waals surface area contributed by atoms with Crippen molar-refractivity contribution in [1.29, 1.82) is 0 Å². The van der Waals surface area contributed by atoms with Gasteiger partial charge in [0.1, 0.15) is 0 Å². The molecule has 5 heteroatoms. The minimum absolute atomic E-state index is 0.123. The maximum absolute atomic E-state index is 11.6. The highest BCUT2D eigenvalue weighted by molar-refractivity contribution is 7.99. The topological polar surface area (TPSA) is 58.6 Å². The second-order valence-corrected chi connectivity index (χ2v) is 7.38. The number of carboxylic acid groups (broad SMARTS) is 1. The first-order valence-corrected chi connectivity index (χ1v) is 9.29. The third kappa shape index (κ3) is 4.24. The van der Waals surface area contributed by atoms with Crippen LogP contribution in [-0.4, -0.2) is 36.9 Å². The predicted octanol–water partition coefficient (Wildman–Crippen LogP) is 3.68. The number of aromatic carboxylic acids is 1. The lowest BCUT2D eigenvalue weighted by molar-refractivity contribution is 0.0288. The van der Waals surface area contributed by atoms with Gasteiger partial charge in [-0.2, -0.15) is 0 Å². The zero-order chi connectivity index (χ0) is 17.8. The maximum atomic E-state index is 11.6. The van der Waals surface area contributed by atoms with Crippen LogP contribution in [-0.2, 0) is 11.2 Å². The van der Waals surface area contributed by atoms with E-state index in [1.54, 1.807) is 17.8 Å². The molecule has 1 saturated heterocycles. The Morgan fingerprint density at radius 1 is 1.32 bits per heavy atom. The largest absolute Gasteiger partial charge is 0.478 e. The van der Waals surface area contributed by atoms with Crippen molar-refractivity contribution in [1.82, 2.24) is 5.32 Å². The summed E-state index contributed by atoms with van der Waals surface area (Å²) >= 11 is 1.64. The molecular formula is C20H23NO3S. The van der Waals surface area contributed by atoms with Crippen LogP contribution in [0.15, 0.2) is 46.2 Å². The summed E-state index contributed by atoms with van der Waals surface area (Å²) in [7, 11) is 0. The predicted molar refractivity (Wildman–Crippen MR) is 99.8 cm³/mol. The Labute approximate surface area is 152 Å². The molecule has 1 aliphatic rings. The number of ether oxygens (including phenoxy) is 1. The molecule has 1 heterocycles. The summed E-state index contributed by atoms with van der Waals surface area (Å²) in [6, 6.07) is 11.9. The van der Waals surface area contributed by atoms with Crippen molar-refractivity contribution < 1.29 is 14.6 Å². The van der Waals surface area contributed by atoms with E-state index in [4.69, 9.17) is 4.74 Å². The molecule has 2 aromatic rings. The van der Waals surface area contributed by atoms with Crippen LogP contribution in [0.3, 0.4) is 0 Å². The van der Waals surface area contributed by atoms with E-state index in [9.17, 15) is 9.90 Å². The van der Waals surface area contributed by atoms with E-state index in [-0.39, 0.29) is 6.10 Å². The summed E-state index contributed by atoms with van der Waals surface area (Å²) in [4.78, 5) is 13.8. The van der Waals surface area contributed by atoms with Gasteiger partial charge in [0.05, 0.1) is 18.3 Å². The molecule has 0 aromatic heterocycles. The first-order valence-electron chi connectivity index (χ1n) is 8.48. The number of nitrogens with one attached hydrogen (secondary N) is 1. The van der Waals surface area contributed by atoms with Crippen molar-refractivity contribution in [2.75, 3.05) is 19.7 Å². The third-order valence-corrected chi connectivity index (χ3v) is 5.75. The number of carbonyl (C=O) groups is 1. The average molecular weight is 357 g/mol. The molecule has 0 radical (unpaired) electrons. The third-order valence-electron chi connectivity index (χ3n) is 4.49. The Morgan fingerprint density at radius 3 is 2.72 bits per heavy atom. The van der Waals surface area contributed by atoms with Crippen LogP contribution in [0.2, 0.25) is 0 Å². The summed E-state index contributed by atoms with van der Waals surface area (Å²) in [5.74, 6) is -0.877. The van der Waals surface area contributed by atoms with E-state index in [1.165, 1.54) is 5.56 Å². The second kappa shape index (κ2) is 8.04. The summed E-state index contributed by atoms with van der Waals surface area (Å²) in [5, 5.41) is 12.9. The molecule has 132 valence electrons. The molecule has 1 atom stereocenters. The average Bonchev–Trinajstić information content (AvgIpc) is 2.62. The highest BCUT2D eigenvalue weighted by atomic mass is 32.2. The van der Waals surface area contributed by atoms with Gasteiger partial charge in [-0.25, -0.2) is 4.79 Å². The quantitative estimate of drug-likeness (QED) is 0.855. The number of aryl methyl sites for hydroxylation is 1. The number of hydrogen-bond donors (Lipinski definition) is 2. The molecule has 2 aromatic carbocycles. The summed E-state index contributed by atoms with van der Waals surface area (Å²) in [5.41, 5.74) is 3.40. The van der Waals surface area contributed by atoms with E-state index < -0.39 is 5.97 Å². The molecule has 25 heavy (non-hydrogen) atoms. The van der Waals surface area contributed by atoms with Gasteiger partial charge in [0.2, 0.25) is 0 Å². The SMILES string of the molecule is Cc1cc(C(=O)O)c(C)c(Sc2ccccc2)c1CC1CNCCO1. The lowest BCUT2D eigenvalue weighted by Crippen LogP contribution is -2.39. The lowest BCUT2D eigenvalue weighted by Gasteiger charge is -2.26. The standard InChI is InChI=1S/C20H23NO3S/c1-13-10-18(20(22)23)14(2)19(25-16-6-4-3-5-7-16)17(13)11-15-12-21-8-9-24-15/h3-7,10,15,21H,8-9,11-12H2,1-2H3,(H,22,23). The molecule has 0 amide bonds. The van der Waals surface area contributed by atoms with Crippen LogP contribution in [0.4, 0.5) is 0 Å². The van der Waals surface area contributed by atoms with Gasteiger partial charge in [-0.05, 0) is 48.7 Å². The van der Waals surface area contributed by atoms with Crippen LogP contribution in [0.5, 0.6) is 0 Å². The van der Waals surface area contributed by atoms with Crippen molar-refractivity contribution in [2.45, 2.75) is 36.2 Å². The maximum Gasteiger partial charge on any atom is 0.336 e. The monoisotopic (exact) mass is 357 g/mol. The summed E-state index contributed by atoms with van der Waals surface area (Å²) in [6.07, 6.45) is 0.909. The molecule has 0 saturated carbocycles. The highest BCUT2D eigenvalue weighted by Crippen LogP contribution is 2.37.